The van der Waals surface area contributed by atoms with Crippen molar-refractivity contribution in [2.75, 3.05) is 6.54 Å². The van der Waals surface area contributed by atoms with Crippen molar-refractivity contribution in [2.24, 2.45) is 0 Å². The first kappa shape index (κ1) is 15.6. The van der Waals surface area contributed by atoms with Crippen molar-refractivity contribution in [3.63, 3.8) is 0 Å². The van der Waals surface area contributed by atoms with Gasteiger partial charge in [-0.05, 0) is 29.6 Å². The number of nitrogens with zero attached hydrogens (tertiary/aromatic N) is 1. The summed E-state index contributed by atoms with van der Waals surface area (Å²) in [6, 6.07) is 7.69. The summed E-state index contributed by atoms with van der Waals surface area (Å²) in [6.07, 6.45) is 0. The topological polar surface area (TPSA) is 37.4 Å². The molecule has 3 nitrogen and oxygen atoms in total. The summed E-state index contributed by atoms with van der Waals surface area (Å²) < 4.78 is 40.7. The third-order valence-corrected chi connectivity index (χ3v) is 6.09. The molecule has 0 aliphatic heterocycles. The lowest BCUT2D eigenvalue weighted by Gasteiger charge is -2.20. The molecule has 2 rings (SSSR count). The van der Waals surface area contributed by atoms with Crippen LogP contribution < -0.4 is 0 Å². The number of rotatable bonds is 5. The quantitative estimate of drug-likeness (QED) is 0.793. The molecule has 20 heavy (non-hydrogen) atoms. The van der Waals surface area contributed by atoms with Crippen LogP contribution in [0.25, 0.3) is 0 Å². The van der Waals surface area contributed by atoms with Crippen LogP contribution in [-0.2, 0) is 16.6 Å². The molecule has 1 heterocycles. The van der Waals surface area contributed by atoms with E-state index in [9.17, 15) is 12.8 Å². The normalized spacial score (nSPS) is 12.0. The van der Waals surface area contributed by atoms with Gasteiger partial charge in [-0.15, -0.1) is 11.3 Å². The summed E-state index contributed by atoms with van der Waals surface area (Å²) in [5, 5.41) is 1.88. The summed E-state index contributed by atoms with van der Waals surface area (Å²) >= 11 is 4.60. The second-order valence-corrected chi connectivity index (χ2v) is 7.94. The van der Waals surface area contributed by atoms with E-state index < -0.39 is 15.8 Å². The van der Waals surface area contributed by atoms with Gasteiger partial charge < -0.3 is 0 Å². The van der Waals surface area contributed by atoms with Gasteiger partial charge in [-0.1, -0.05) is 28.9 Å². The van der Waals surface area contributed by atoms with Gasteiger partial charge in [-0.2, -0.15) is 4.31 Å². The third-order valence-electron chi connectivity index (χ3n) is 2.78. The maximum atomic E-state index is 13.9. The van der Waals surface area contributed by atoms with E-state index in [0.717, 1.165) is 10.9 Å². The fourth-order valence-electron chi connectivity index (χ4n) is 1.77. The highest BCUT2D eigenvalue weighted by atomic mass is 79.9. The van der Waals surface area contributed by atoms with Crippen LogP contribution in [0, 0.1) is 5.82 Å². The van der Waals surface area contributed by atoms with Crippen LogP contribution in [0.3, 0.4) is 0 Å². The maximum absolute atomic E-state index is 13.9. The lowest BCUT2D eigenvalue weighted by Crippen LogP contribution is -2.30. The van der Waals surface area contributed by atoms with Gasteiger partial charge in [-0.25, -0.2) is 12.8 Å². The Morgan fingerprint density at radius 3 is 2.65 bits per heavy atom. The zero-order valence-corrected chi connectivity index (χ0v) is 13.9. The van der Waals surface area contributed by atoms with Crippen molar-refractivity contribution >= 4 is 37.3 Å². The highest BCUT2D eigenvalue weighted by Crippen LogP contribution is 2.24. The molecule has 0 amide bonds. The highest BCUT2D eigenvalue weighted by Gasteiger charge is 2.26. The van der Waals surface area contributed by atoms with Crippen LogP contribution in [0.1, 0.15) is 11.8 Å². The average molecular weight is 378 g/mol. The van der Waals surface area contributed by atoms with Crippen LogP contribution in [0.2, 0.25) is 0 Å². The molecule has 0 aliphatic carbocycles. The summed E-state index contributed by atoms with van der Waals surface area (Å²) in [4.78, 5) is 0.632. The molecular weight excluding hydrogens is 365 g/mol. The molecular formula is C13H13BrFNO2S2. The van der Waals surface area contributed by atoms with Crippen molar-refractivity contribution in [3.8, 4) is 0 Å². The van der Waals surface area contributed by atoms with Gasteiger partial charge >= 0.3 is 0 Å². The third kappa shape index (κ3) is 3.28. The Morgan fingerprint density at radius 2 is 2.10 bits per heavy atom. The summed E-state index contributed by atoms with van der Waals surface area (Å²) in [7, 11) is -3.83. The highest BCUT2D eigenvalue weighted by molar-refractivity contribution is 9.10. The standard InChI is InChI=1S/C13H13BrFNO2S2/c1-2-16(9-11-4-3-7-19-11)20(17,18)13-6-5-10(14)8-12(13)15/h3-8H,2,9H2,1H3. The number of hydrogen-bond acceptors (Lipinski definition) is 3. The van der Waals surface area contributed by atoms with E-state index in [0.29, 0.717) is 4.47 Å². The first-order valence-corrected chi connectivity index (χ1v) is 9.04. The molecule has 7 heteroatoms. The average Bonchev–Trinajstić information content (AvgIpc) is 2.88. The molecule has 0 bridgehead atoms. The van der Waals surface area contributed by atoms with E-state index in [-0.39, 0.29) is 18.0 Å². The van der Waals surface area contributed by atoms with Crippen LogP contribution >= 0.6 is 27.3 Å². The van der Waals surface area contributed by atoms with Crippen LogP contribution in [0.15, 0.2) is 45.1 Å². The molecule has 0 unspecified atom stereocenters. The lowest BCUT2D eigenvalue weighted by molar-refractivity contribution is 0.422. The molecule has 0 atom stereocenters. The number of benzene rings is 1. The number of hydrogen-bond donors (Lipinski definition) is 0. The minimum Gasteiger partial charge on any atom is -0.207 e. The molecule has 2 aromatic rings. The van der Waals surface area contributed by atoms with Gasteiger partial charge in [0.05, 0.1) is 0 Å². The first-order valence-electron chi connectivity index (χ1n) is 5.92. The van der Waals surface area contributed by atoms with Crippen molar-refractivity contribution in [1.29, 1.82) is 0 Å². The Labute approximate surface area is 130 Å². The zero-order valence-electron chi connectivity index (χ0n) is 10.7. The molecule has 0 spiro atoms. The lowest BCUT2D eigenvalue weighted by atomic mass is 10.3. The number of thiophene rings is 1. The Balaban J connectivity index is 2.36. The molecule has 108 valence electrons. The Bertz CT molecular complexity index is 686. The maximum Gasteiger partial charge on any atom is 0.246 e. The van der Waals surface area contributed by atoms with Gasteiger partial charge in [-0.3, -0.25) is 0 Å². The van der Waals surface area contributed by atoms with Crippen molar-refractivity contribution in [2.45, 2.75) is 18.4 Å². The largest absolute Gasteiger partial charge is 0.246 e. The summed E-state index contributed by atoms with van der Waals surface area (Å²) in [5.41, 5.74) is 0. The minimum absolute atomic E-state index is 0.256. The molecule has 0 saturated heterocycles. The molecule has 0 saturated carbocycles. The van der Waals surface area contributed by atoms with E-state index in [4.69, 9.17) is 0 Å². The monoisotopic (exact) mass is 377 g/mol. The first-order chi connectivity index (χ1) is 9.45. The van der Waals surface area contributed by atoms with Gasteiger partial charge in [0.1, 0.15) is 10.7 Å². The Hall–Kier alpha value is -0.760. The molecule has 0 N–H and O–H groups in total. The predicted molar refractivity (Wildman–Crippen MR) is 81.7 cm³/mol. The van der Waals surface area contributed by atoms with E-state index >= 15 is 0 Å². The van der Waals surface area contributed by atoms with Crippen molar-refractivity contribution in [3.05, 3.63) is 50.9 Å². The van der Waals surface area contributed by atoms with Crippen LogP contribution in [-0.4, -0.2) is 19.3 Å². The van der Waals surface area contributed by atoms with Gasteiger partial charge in [0.25, 0.3) is 0 Å². The zero-order chi connectivity index (χ0) is 14.8. The fraction of sp³-hybridized carbons (Fsp3) is 0.231. The van der Waals surface area contributed by atoms with Crippen LogP contribution in [0.4, 0.5) is 4.39 Å². The predicted octanol–water partition coefficient (Wildman–Crippen LogP) is 3.86. The minimum atomic E-state index is -3.83. The second-order valence-electron chi connectivity index (χ2n) is 4.09. The number of halogens is 2. The number of sulfonamides is 1. The Morgan fingerprint density at radius 1 is 1.35 bits per heavy atom. The SMILES string of the molecule is CCN(Cc1cccs1)S(=O)(=O)c1ccc(Br)cc1F. The van der Waals surface area contributed by atoms with Gasteiger partial charge in [0, 0.05) is 22.4 Å². The van der Waals surface area contributed by atoms with E-state index in [1.54, 1.807) is 6.92 Å². The molecule has 0 aliphatic rings. The van der Waals surface area contributed by atoms with Gasteiger partial charge in [0.2, 0.25) is 10.0 Å². The van der Waals surface area contributed by atoms with E-state index in [2.05, 4.69) is 15.9 Å². The van der Waals surface area contributed by atoms with Crippen molar-refractivity contribution < 1.29 is 12.8 Å². The summed E-state index contributed by atoms with van der Waals surface area (Å²) in [5.74, 6) is -0.746. The summed E-state index contributed by atoms with van der Waals surface area (Å²) in [6.45, 7) is 2.28. The molecule has 1 aromatic carbocycles. The van der Waals surface area contributed by atoms with E-state index in [1.807, 2.05) is 17.5 Å². The van der Waals surface area contributed by atoms with Crippen molar-refractivity contribution in [1.82, 2.24) is 4.31 Å². The van der Waals surface area contributed by atoms with Gasteiger partial charge in [0.15, 0.2) is 0 Å². The fourth-order valence-corrected chi connectivity index (χ4v) is 4.37. The van der Waals surface area contributed by atoms with E-state index in [1.165, 1.54) is 27.8 Å². The Kier molecular flexibility index (Phi) is 4.95. The smallest absolute Gasteiger partial charge is 0.207 e. The second kappa shape index (κ2) is 6.34. The van der Waals surface area contributed by atoms with Crippen LogP contribution in [0.5, 0.6) is 0 Å². The molecule has 0 fully saturated rings. The molecule has 0 radical (unpaired) electrons. The molecule has 1 aromatic heterocycles.